The van der Waals surface area contributed by atoms with Crippen LogP contribution in [0.15, 0.2) is 6.07 Å². The van der Waals surface area contributed by atoms with E-state index in [9.17, 15) is 9.47 Å². The maximum absolute atomic E-state index is 11.1. The van der Waals surface area contributed by atoms with Gasteiger partial charge in [0.1, 0.15) is 11.9 Å². The lowest BCUT2D eigenvalue weighted by Gasteiger charge is -2.19. The summed E-state index contributed by atoms with van der Waals surface area (Å²) >= 11 is 0. The van der Waals surface area contributed by atoms with Gasteiger partial charge in [0.25, 0.3) is 0 Å². The van der Waals surface area contributed by atoms with Crippen LogP contribution in [0.2, 0.25) is 0 Å². The fourth-order valence-electron chi connectivity index (χ4n) is 2.48. The molecule has 1 aliphatic rings. The van der Waals surface area contributed by atoms with E-state index < -0.39 is 10.8 Å². The van der Waals surface area contributed by atoms with Gasteiger partial charge >= 0.3 is 0 Å². The van der Waals surface area contributed by atoms with Crippen molar-refractivity contribution in [3.8, 4) is 6.07 Å². The molecule has 0 amide bonds. The van der Waals surface area contributed by atoms with Gasteiger partial charge in [-0.25, -0.2) is 4.98 Å². The van der Waals surface area contributed by atoms with E-state index in [1.54, 1.807) is 6.26 Å². The number of anilines is 1. The third kappa shape index (κ3) is 3.80. The molecule has 0 aliphatic heterocycles. The molecule has 2 rings (SSSR count). The minimum Gasteiger partial charge on any atom is -0.366 e. The molecule has 1 heterocycles. The largest absolute Gasteiger partial charge is 0.366 e. The van der Waals surface area contributed by atoms with E-state index in [0.29, 0.717) is 17.1 Å². The summed E-state index contributed by atoms with van der Waals surface area (Å²) in [6, 6.07) is 4.38. The number of aryl methyl sites for hydroxylation is 2. The maximum Gasteiger partial charge on any atom is 0.144 e. The van der Waals surface area contributed by atoms with Gasteiger partial charge in [0, 0.05) is 34.5 Å². The van der Waals surface area contributed by atoms with Crippen LogP contribution in [0.3, 0.4) is 0 Å². The van der Waals surface area contributed by atoms with Crippen LogP contribution in [0.25, 0.3) is 0 Å². The zero-order chi connectivity index (χ0) is 14.5. The number of aromatic nitrogens is 1. The van der Waals surface area contributed by atoms with Crippen molar-refractivity contribution in [3.63, 3.8) is 0 Å². The van der Waals surface area contributed by atoms with Crippen LogP contribution >= 0.6 is 0 Å². The zero-order valence-electron chi connectivity index (χ0n) is 12.1. The van der Waals surface area contributed by atoms with E-state index >= 15 is 0 Å². The van der Waals surface area contributed by atoms with Gasteiger partial charge in [-0.1, -0.05) is 0 Å². The van der Waals surface area contributed by atoms with E-state index in [4.69, 9.17) is 0 Å². The Morgan fingerprint density at radius 1 is 1.50 bits per heavy atom. The molecule has 108 valence electrons. The van der Waals surface area contributed by atoms with Crippen LogP contribution in [0, 0.1) is 11.3 Å². The van der Waals surface area contributed by atoms with Gasteiger partial charge in [-0.2, -0.15) is 5.26 Å². The molecule has 1 aromatic rings. The lowest BCUT2D eigenvalue weighted by molar-refractivity contribution is 0.664. The number of nitriles is 1. The Balaban J connectivity index is 2.14. The number of fused-ring (bicyclic) bond motifs is 1. The van der Waals surface area contributed by atoms with E-state index in [0.717, 1.165) is 25.0 Å². The van der Waals surface area contributed by atoms with E-state index in [1.165, 1.54) is 18.4 Å². The highest BCUT2D eigenvalue weighted by molar-refractivity contribution is 7.84. The Morgan fingerprint density at radius 3 is 2.95 bits per heavy atom. The molecule has 1 aliphatic carbocycles. The van der Waals surface area contributed by atoms with E-state index in [2.05, 4.69) is 16.4 Å². The van der Waals surface area contributed by atoms with Crippen molar-refractivity contribution >= 4 is 16.6 Å². The van der Waals surface area contributed by atoms with E-state index in [-0.39, 0.29) is 6.04 Å². The zero-order valence-corrected chi connectivity index (χ0v) is 12.9. The highest BCUT2D eigenvalue weighted by atomic mass is 32.2. The first kappa shape index (κ1) is 15.0. The first-order chi connectivity index (χ1) is 9.60. The molecule has 1 aromatic heterocycles. The summed E-state index contributed by atoms with van der Waals surface area (Å²) in [4.78, 5) is 4.64. The molecule has 5 heteroatoms. The summed E-state index contributed by atoms with van der Waals surface area (Å²) in [5, 5.41) is 12.6. The Bertz CT molecular complexity index is 551. The fourth-order valence-corrected chi connectivity index (χ4v) is 3.16. The highest BCUT2D eigenvalue weighted by Crippen LogP contribution is 2.24. The predicted molar refractivity (Wildman–Crippen MR) is 82.2 cm³/mol. The summed E-state index contributed by atoms with van der Waals surface area (Å²) in [6.45, 7) is 2.04. The van der Waals surface area contributed by atoms with Crippen LogP contribution in [0.5, 0.6) is 0 Å². The maximum atomic E-state index is 11.1. The predicted octanol–water partition coefficient (Wildman–Crippen LogP) is 2.40. The van der Waals surface area contributed by atoms with E-state index in [1.807, 2.05) is 13.0 Å². The average molecular weight is 291 g/mol. The SMILES string of the molecule is CC(CCS(C)=O)Nc1nc2c(cc1C#N)CCCC2. The highest BCUT2D eigenvalue weighted by Gasteiger charge is 2.16. The Hall–Kier alpha value is -1.41. The van der Waals surface area contributed by atoms with Gasteiger partial charge in [0.05, 0.1) is 5.56 Å². The normalized spacial score (nSPS) is 16.9. The van der Waals surface area contributed by atoms with Crippen molar-refractivity contribution < 1.29 is 4.21 Å². The molecule has 2 unspecified atom stereocenters. The Morgan fingerprint density at radius 2 is 2.25 bits per heavy atom. The number of hydrogen-bond acceptors (Lipinski definition) is 4. The number of pyridine rings is 1. The van der Waals surface area contributed by atoms with Crippen molar-refractivity contribution in [1.29, 1.82) is 5.26 Å². The van der Waals surface area contributed by atoms with Crippen LogP contribution in [-0.2, 0) is 23.6 Å². The smallest absolute Gasteiger partial charge is 0.144 e. The molecule has 4 nitrogen and oxygen atoms in total. The van der Waals surface area contributed by atoms with Crippen LogP contribution in [-0.4, -0.2) is 27.2 Å². The fraction of sp³-hybridized carbons (Fsp3) is 0.600. The van der Waals surface area contributed by atoms with Crippen LogP contribution in [0.1, 0.15) is 43.0 Å². The minimum atomic E-state index is -0.779. The quantitative estimate of drug-likeness (QED) is 0.904. The van der Waals surface area contributed by atoms with Gasteiger partial charge in [-0.05, 0) is 50.7 Å². The molecule has 0 saturated heterocycles. The molecular weight excluding hydrogens is 270 g/mol. The molecule has 0 aromatic carbocycles. The summed E-state index contributed by atoms with van der Waals surface area (Å²) in [7, 11) is -0.779. The summed E-state index contributed by atoms with van der Waals surface area (Å²) < 4.78 is 11.1. The second-order valence-corrected chi connectivity index (χ2v) is 6.98. The summed E-state index contributed by atoms with van der Waals surface area (Å²) in [5.41, 5.74) is 2.97. The summed E-state index contributed by atoms with van der Waals surface area (Å²) in [6.07, 6.45) is 6.92. The number of nitrogens with one attached hydrogen (secondary N) is 1. The number of hydrogen-bond donors (Lipinski definition) is 1. The van der Waals surface area contributed by atoms with Gasteiger partial charge in [-0.15, -0.1) is 0 Å². The van der Waals surface area contributed by atoms with Gasteiger partial charge in [0.15, 0.2) is 0 Å². The third-order valence-electron chi connectivity index (χ3n) is 3.64. The third-order valence-corrected chi connectivity index (χ3v) is 4.45. The van der Waals surface area contributed by atoms with Crippen LogP contribution < -0.4 is 5.32 Å². The monoisotopic (exact) mass is 291 g/mol. The first-order valence-electron chi connectivity index (χ1n) is 7.09. The molecule has 0 fully saturated rings. The van der Waals surface area contributed by atoms with Crippen molar-refractivity contribution in [3.05, 3.63) is 22.9 Å². The number of nitrogens with zero attached hydrogens (tertiary/aromatic N) is 2. The van der Waals surface area contributed by atoms with Gasteiger partial charge in [0.2, 0.25) is 0 Å². The van der Waals surface area contributed by atoms with Crippen molar-refractivity contribution in [1.82, 2.24) is 4.98 Å². The summed E-state index contributed by atoms with van der Waals surface area (Å²) in [5.74, 6) is 1.35. The van der Waals surface area contributed by atoms with Crippen molar-refractivity contribution in [2.24, 2.45) is 0 Å². The molecule has 2 atom stereocenters. The molecule has 0 bridgehead atoms. The standard InChI is InChI=1S/C15H21N3OS/c1-11(7-8-20(2)19)17-15-13(10-16)9-12-5-3-4-6-14(12)18-15/h9,11H,3-8H2,1-2H3,(H,17,18). The minimum absolute atomic E-state index is 0.167. The van der Waals surface area contributed by atoms with Gasteiger partial charge in [-0.3, -0.25) is 4.21 Å². The van der Waals surface area contributed by atoms with Crippen LogP contribution in [0.4, 0.5) is 5.82 Å². The molecule has 0 radical (unpaired) electrons. The second-order valence-electron chi connectivity index (χ2n) is 5.42. The first-order valence-corrected chi connectivity index (χ1v) is 8.82. The Labute approximate surface area is 123 Å². The molecule has 0 spiro atoms. The number of rotatable bonds is 5. The lowest BCUT2D eigenvalue weighted by Crippen LogP contribution is -2.20. The second kappa shape index (κ2) is 6.85. The Kier molecular flexibility index (Phi) is 5.13. The molecule has 0 saturated carbocycles. The van der Waals surface area contributed by atoms with Crippen molar-refractivity contribution in [2.45, 2.75) is 45.1 Å². The van der Waals surface area contributed by atoms with Crippen molar-refractivity contribution in [2.75, 3.05) is 17.3 Å². The van der Waals surface area contributed by atoms with Gasteiger partial charge < -0.3 is 5.32 Å². The average Bonchev–Trinajstić information content (AvgIpc) is 2.44. The lowest BCUT2D eigenvalue weighted by atomic mass is 9.95. The topological polar surface area (TPSA) is 65.8 Å². The molecular formula is C15H21N3OS. The molecule has 20 heavy (non-hydrogen) atoms. The molecule has 1 N–H and O–H groups in total.